The maximum absolute atomic E-state index is 12.6. The molecule has 1 unspecified atom stereocenters. The Kier molecular flexibility index (Phi) is 6.94. The van der Waals surface area contributed by atoms with E-state index in [1.807, 2.05) is 20.8 Å². The van der Waals surface area contributed by atoms with Gasteiger partial charge >= 0.3 is 5.97 Å². The van der Waals surface area contributed by atoms with Crippen molar-refractivity contribution in [2.75, 3.05) is 0 Å². The summed E-state index contributed by atoms with van der Waals surface area (Å²) in [5.41, 5.74) is 8.52. The second kappa shape index (κ2) is 9.47. The number of rotatable bonds is 5. The van der Waals surface area contributed by atoms with Crippen molar-refractivity contribution in [2.24, 2.45) is 5.92 Å². The summed E-state index contributed by atoms with van der Waals surface area (Å²) in [7, 11) is 0. The lowest BCUT2D eigenvalue weighted by Gasteiger charge is -2.34. The summed E-state index contributed by atoms with van der Waals surface area (Å²) in [5, 5.41) is 10.3. The lowest BCUT2D eigenvalue weighted by atomic mass is 9.83. The van der Waals surface area contributed by atoms with E-state index in [0.29, 0.717) is 6.04 Å². The van der Waals surface area contributed by atoms with Gasteiger partial charge in [0.1, 0.15) is 0 Å². The van der Waals surface area contributed by atoms with Gasteiger partial charge in [0.15, 0.2) is 6.10 Å². The van der Waals surface area contributed by atoms with Crippen LogP contribution in [-0.2, 0) is 22.6 Å². The minimum Gasteiger partial charge on any atom is -0.479 e. The summed E-state index contributed by atoms with van der Waals surface area (Å²) in [5.74, 6) is -0.151. The van der Waals surface area contributed by atoms with Crippen molar-refractivity contribution in [3.8, 4) is 11.1 Å². The van der Waals surface area contributed by atoms with E-state index in [-0.39, 0.29) is 0 Å². The molecule has 4 nitrogen and oxygen atoms in total. The molecule has 3 atom stereocenters. The first-order valence-corrected chi connectivity index (χ1v) is 12.8. The molecule has 0 radical (unpaired) electrons. The molecular weight excluding hydrogens is 422 g/mol. The Bertz CT molecular complexity index is 1060. The molecule has 1 aliphatic heterocycles. The van der Waals surface area contributed by atoms with Crippen LogP contribution in [0.4, 0.5) is 0 Å². The average molecular weight is 464 g/mol. The van der Waals surface area contributed by atoms with Gasteiger partial charge in [-0.2, -0.15) is 0 Å². The zero-order valence-corrected chi connectivity index (χ0v) is 22.0. The maximum atomic E-state index is 12.6. The molecule has 1 heterocycles. The van der Waals surface area contributed by atoms with Gasteiger partial charge in [-0.1, -0.05) is 49.6 Å². The van der Waals surface area contributed by atoms with Crippen molar-refractivity contribution in [3.05, 3.63) is 57.6 Å². The van der Waals surface area contributed by atoms with Crippen molar-refractivity contribution in [1.29, 1.82) is 0 Å². The molecule has 1 N–H and O–H groups in total. The molecule has 0 aromatic heterocycles. The van der Waals surface area contributed by atoms with E-state index in [2.05, 4.69) is 56.9 Å². The Hall–Kier alpha value is -2.17. The van der Waals surface area contributed by atoms with Crippen LogP contribution >= 0.6 is 0 Å². The third-order valence-electron chi connectivity index (χ3n) is 7.76. The van der Waals surface area contributed by atoms with E-state index in [4.69, 9.17) is 4.74 Å². The van der Waals surface area contributed by atoms with Gasteiger partial charge in [-0.15, -0.1) is 0 Å². The fourth-order valence-electron chi connectivity index (χ4n) is 6.04. The van der Waals surface area contributed by atoms with E-state index in [1.165, 1.54) is 47.9 Å². The van der Waals surface area contributed by atoms with Gasteiger partial charge in [0.25, 0.3) is 0 Å². The Morgan fingerprint density at radius 1 is 1.03 bits per heavy atom. The SMILES string of the molecule is Cc1ccc(-c2c(C)c3c(c(C)c2[C@H](OC(C)(C)C)C(=O)O)CN(C2CCC[C@@H](C)C2)C3)cc1. The quantitative estimate of drug-likeness (QED) is 0.513. The fraction of sp³-hybridized carbons (Fsp3) is 0.567. The predicted octanol–water partition coefficient (Wildman–Crippen LogP) is 7.11. The molecule has 34 heavy (non-hydrogen) atoms. The number of hydrogen-bond acceptors (Lipinski definition) is 3. The monoisotopic (exact) mass is 463 g/mol. The van der Waals surface area contributed by atoms with Crippen LogP contribution in [0.25, 0.3) is 11.1 Å². The Labute approximate surface area is 205 Å². The van der Waals surface area contributed by atoms with Gasteiger partial charge in [0, 0.05) is 24.7 Å². The molecule has 1 fully saturated rings. The second-order valence-corrected chi connectivity index (χ2v) is 11.6. The summed E-state index contributed by atoms with van der Waals surface area (Å²) < 4.78 is 6.21. The standard InChI is InChI=1S/C30H41NO3/c1-18-11-13-22(14-12-18)26-20(3)24-16-31(23-10-8-9-19(2)15-23)17-25(24)21(4)27(26)28(29(32)33)34-30(5,6)7/h11-14,19,23,28H,8-10,15-17H2,1-7H3,(H,32,33)/t19-,23?,28+/m1/s1. The Balaban J connectivity index is 1.87. The number of fused-ring (bicyclic) bond motifs is 1. The summed E-state index contributed by atoms with van der Waals surface area (Å²) in [6.45, 7) is 16.4. The molecule has 0 amide bonds. The van der Waals surface area contributed by atoms with Crippen LogP contribution in [0.3, 0.4) is 0 Å². The lowest BCUT2D eigenvalue weighted by Crippen LogP contribution is -2.34. The van der Waals surface area contributed by atoms with Crippen LogP contribution in [0.1, 0.15) is 92.9 Å². The molecule has 4 heteroatoms. The number of ether oxygens (including phenoxy) is 1. The van der Waals surface area contributed by atoms with Gasteiger partial charge in [0.05, 0.1) is 5.60 Å². The molecule has 4 rings (SSSR count). The third-order valence-corrected chi connectivity index (χ3v) is 7.76. The summed E-state index contributed by atoms with van der Waals surface area (Å²) in [4.78, 5) is 15.2. The molecule has 2 aliphatic rings. The van der Waals surface area contributed by atoms with Crippen LogP contribution in [0.15, 0.2) is 24.3 Å². The zero-order valence-electron chi connectivity index (χ0n) is 22.0. The molecular formula is C30H41NO3. The number of hydrogen-bond donors (Lipinski definition) is 1. The van der Waals surface area contributed by atoms with Crippen molar-refractivity contribution >= 4 is 5.97 Å². The van der Waals surface area contributed by atoms with E-state index < -0.39 is 17.7 Å². The largest absolute Gasteiger partial charge is 0.479 e. The Morgan fingerprint density at radius 3 is 2.21 bits per heavy atom. The van der Waals surface area contributed by atoms with Gasteiger partial charge in [-0.05, 0) is 93.7 Å². The van der Waals surface area contributed by atoms with Crippen LogP contribution in [0.2, 0.25) is 0 Å². The van der Waals surface area contributed by atoms with E-state index in [0.717, 1.165) is 41.3 Å². The first kappa shape index (κ1) is 24.9. The van der Waals surface area contributed by atoms with Gasteiger partial charge < -0.3 is 9.84 Å². The highest BCUT2D eigenvalue weighted by Crippen LogP contribution is 2.45. The van der Waals surface area contributed by atoms with E-state index in [9.17, 15) is 9.90 Å². The molecule has 0 bridgehead atoms. The normalized spacial score (nSPS) is 22.0. The van der Waals surface area contributed by atoms with Crippen molar-refractivity contribution in [2.45, 2.75) is 105 Å². The third kappa shape index (κ3) is 4.94. The van der Waals surface area contributed by atoms with Gasteiger partial charge in [-0.25, -0.2) is 4.79 Å². The second-order valence-electron chi connectivity index (χ2n) is 11.6. The van der Waals surface area contributed by atoms with E-state index in [1.54, 1.807) is 0 Å². The highest BCUT2D eigenvalue weighted by atomic mass is 16.5. The lowest BCUT2D eigenvalue weighted by molar-refractivity contribution is -0.160. The van der Waals surface area contributed by atoms with E-state index >= 15 is 0 Å². The minimum atomic E-state index is -1.01. The molecule has 2 aromatic carbocycles. The number of benzene rings is 2. The fourth-order valence-corrected chi connectivity index (χ4v) is 6.04. The number of carbonyl (C=O) groups is 1. The van der Waals surface area contributed by atoms with Crippen molar-refractivity contribution in [1.82, 2.24) is 4.90 Å². The first-order chi connectivity index (χ1) is 16.0. The number of aliphatic carboxylic acids is 1. The molecule has 1 aliphatic carbocycles. The molecule has 2 aromatic rings. The molecule has 0 saturated heterocycles. The van der Waals surface area contributed by atoms with Gasteiger partial charge in [-0.3, -0.25) is 4.90 Å². The average Bonchev–Trinajstić information content (AvgIpc) is 3.21. The van der Waals surface area contributed by atoms with Crippen LogP contribution in [0, 0.1) is 26.7 Å². The zero-order chi connectivity index (χ0) is 24.8. The van der Waals surface area contributed by atoms with Crippen LogP contribution in [0.5, 0.6) is 0 Å². The highest BCUT2D eigenvalue weighted by Gasteiger charge is 2.37. The Morgan fingerprint density at radius 2 is 1.65 bits per heavy atom. The minimum absolute atomic E-state index is 0.572. The molecule has 0 spiro atoms. The summed E-state index contributed by atoms with van der Waals surface area (Å²) in [6.07, 6.45) is 4.15. The first-order valence-electron chi connectivity index (χ1n) is 12.8. The highest BCUT2D eigenvalue weighted by molar-refractivity contribution is 5.84. The molecule has 1 saturated carbocycles. The van der Waals surface area contributed by atoms with Crippen LogP contribution in [-0.4, -0.2) is 27.6 Å². The van der Waals surface area contributed by atoms with Gasteiger partial charge in [0.2, 0.25) is 0 Å². The predicted molar refractivity (Wildman–Crippen MR) is 138 cm³/mol. The van der Waals surface area contributed by atoms with Crippen LogP contribution < -0.4 is 0 Å². The number of carboxylic acids is 1. The summed E-state index contributed by atoms with van der Waals surface area (Å²) >= 11 is 0. The number of carboxylic acid groups (broad SMARTS) is 1. The topological polar surface area (TPSA) is 49.8 Å². The number of nitrogens with zero attached hydrogens (tertiary/aromatic N) is 1. The summed E-state index contributed by atoms with van der Waals surface area (Å²) in [6, 6.07) is 9.08. The van der Waals surface area contributed by atoms with Crippen molar-refractivity contribution < 1.29 is 14.6 Å². The molecule has 184 valence electrons. The number of aryl methyl sites for hydroxylation is 1. The van der Waals surface area contributed by atoms with Crippen molar-refractivity contribution in [3.63, 3.8) is 0 Å². The smallest absolute Gasteiger partial charge is 0.337 e. The maximum Gasteiger partial charge on any atom is 0.337 e.